The highest BCUT2D eigenvalue weighted by Gasteiger charge is 2.39. The van der Waals surface area contributed by atoms with Crippen molar-refractivity contribution in [3.05, 3.63) is 70.8 Å². The molecule has 4 aromatic heterocycles. The van der Waals surface area contributed by atoms with Crippen LogP contribution in [0.2, 0.25) is 0 Å². The lowest BCUT2D eigenvalue weighted by Crippen LogP contribution is -2.50. The normalized spacial score (nSPS) is 20.2. The second-order valence-corrected chi connectivity index (χ2v) is 14.4. The number of aromatic nitrogens is 7. The lowest BCUT2D eigenvalue weighted by Gasteiger charge is -2.39. The molecule has 2 saturated heterocycles. The van der Waals surface area contributed by atoms with E-state index in [1.54, 1.807) is 24.0 Å². The molecule has 53 heavy (non-hydrogen) atoms. The van der Waals surface area contributed by atoms with E-state index in [1.807, 2.05) is 40.0 Å². The third kappa shape index (κ3) is 6.84. The Morgan fingerprint density at radius 3 is 2.53 bits per heavy atom. The molecule has 0 spiro atoms. The van der Waals surface area contributed by atoms with E-state index in [2.05, 4.69) is 25.8 Å². The second-order valence-electron chi connectivity index (χ2n) is 14.4. The summed E-state index contributed by atoms with van der Waals surface area (Å²) < 4.78 is 19.6. The molecule has 3 atom stereocenters. The van der Waals surface area contributed by atoms with Gasteiger partial charge in [0.15, 0.2) is 5.65 Å². The molecule has 8 rings (SSSR count). The van der Waals surface area contributed by atoms with Crippen LogP contribution >= 0.6 is 0 Å². The van der Waals surface area contributed by atoms with Gasteiger partial charge in [0.2, 0.25) is 17.7 Å². The van der Waals surface area contributed by atoms with Gasteiger partial charge in [0.05, 0.1) is 41.7 Å². The van der Waals surface area contributed by atoms with Crippen molar-refractivity contribution in [2.45, 2.75) is 88.5 Å². The number of amides is 4. The first-order valence-electron chi connectivity index (χ1n) is 18.3. The van der Waals surface area contributed by atoms with Crippen molar-refractivity contribution in [2.75, 3.05) is 13.1 Å². The number of likely N-dealkylation sites (tertiary alicyclic amines) is 1. The average Bonchev–Trinajstić information content (AvgIpc) is 3.44. The molecule has 276 valence electrons. The monoisotopic (exact) mass is 724 g/mol. The van der Waals surface area contributed by atoms with E-state index >= 15 is 0 Å². The molecule has 4 amide bonds. The Balaban J connectivity index is 0.750. The maximum atomic E-state index is 13.2. The molecule has 15 nitrogen and oxygen atoms in total. The predicted molar refractivity (Wildman–Crippen MR) is 191 cm³/mol. The number of rotatable bonds is 13. The highest BCUT2D eigenvalue weighted by molar-refractivity contribution is 6.00. The summed E-state index contributed by atoms with van der Waals surface area (Å²) in [4.78, 5) is 68.5. The molecule has 5 aromatic rings. The molecule has 3 aliphatic rings. The standard InChI is InChI=1S/C37H41FN10O5/c1-44-30-13-22(9-10-28(30)47(37(44)53)29-11-12-33(49)43-35(29)51)7-5-3-2-4-6-8-34(50)45-20-25(21-45)46-19-24(17-40-46)23-14-32-39-18-31(48(32)41-16-23)36(52)42-27-15-26(27)38/h9-10,13-14,16-19,25-27,29H,2-8,11-12,15,20-21H2,1H3,(H,42,52)(H,43,49,51)/t26-,27+,29?/m0/s1. The molecule has 16 heteroatoms. The number of imidazole rings is 2. The third-order valence-electron chi connectivity index (χ3n) is 10.7. The Morgan fingerprint density at radius 1 is 0.962 bits per heavy atom. The summed E-state index contributed by atoms with van der Waals surface area (Å²) in [6.45, 7) is 1.23. The Hall–Kier alpha value is -5.67. The van der Waals surface area contributed by atoms with Gasteiger partial charge in [0, 0.05) is 56.7 Å². The number of hydrogen-bond donors (Lipinski definition) is 2. The number of unbranched alkanes of at least 4 members (excludes halogenated alkanes) is 4. The van der Waals surface area contributed by atoms with Gasteiger partial charge in [-0.1, -0.05) is 25.3 Å². The smallest absolute Gasteiger partial charge is 0.329 e. The van der Waals surface area contributed by atoms with Crippen molar-refractivity contribution in [2.24, 2.45) is 7.05 Å². The van der Waals surface area contributed by atoms with Gasteiger partial charge in [0.1, 0.15) is 17.9 Å². The zero-order chi connectivity index (χ0) is 36.8. The fraction of sp³-hybridized carbons (Fsp3) is 0.459. The lowest BCUT2D eigenvalue weighted by atomic mass is 10.0. The number of carbonyl (C=O) groups is 4. The van der Waals surface area contributed by atoms with E-state index in [0.717, 1.165) is 60.7 Å². The number of imide groups is 1. The highest BCUT2D eigenvalue weighted by Crippen LogP contribution is 2.28. The van der Waals surface area contributed by atoms with Crippen molar-refractivity contribution < 1.29 is 23.6 Å². The van der Waals surface area contributed by atoms with E-state index in [9.17, 15) is 28.4 Å². The number of nitrogens with one attached hydrogen (secondary N) is 2. The number of fused-ring (bicyclic) bond motifs is 2. The Labute approximate surface area is 303 Å². The molecule has 1 saturated carbocycles. The SMILES string of the molecule is Cn1c(=O)n(C2CCC(=O)NC2=O)c2ccc(CCCCCCCC(=O)N3CC(n4cc(-c5cnn6c(C(=O)N[C@@H]7C[C@@H]7F)cnc6c5)cn4)C3)cc21. The van der Waals surface area contributed by atoms with Crippen LogP contribution in [0.15, 0.2) is 53.8 Å². The lowest BCUT2D eigenvalue weighted by molar-refractivity contribution is -0.137. The number of nitrogens with zero attached hydrogens (tertiary/aromatic N) is 8. The number of carbonyl (C=O) groups excluding carboxylic acids is 4. The largest absolute Gasteiger partial charge is 0.345 e. The molecule has 1 aliphatic carbocycles. The van der Waals surface area contributed by atoms with Gasteiger partial charge in [-0.3, -0.25) is 38.3 Å². The van der Waals surface area contributed by atoms with Crippen LogP contribution in [-0.4, -0.2) is 87.3 Å². The number of hydrogen-bond acceptors (Lipinski definition) is 8. The topological polar surface area (TPSA) is 171 Å². The molecule has 1 unspecified atom stereocenters. The fourth-order valence-electron chi connectivity index (χ4n) is 7.35. The molecule has 2 N–H and O–H groups in total. The van der Waals surface area contributed by atoms with Crippen LogP contribution in [0.25, 0.3) is 27.8 Å². The molecular formula is C37H41FN10O5. The molecular weight excluding hydrogens is 683 g/mol. The molecule has 0 radical (unpaired) electrons. The number of halogens is 1. The summed E-state index contributed by atoms with van der Waals surface area (Å²) >= 11 is 0. The maximum absolute atomic E-state index is 13.2. The van der Waals surface area contributed by atoms with E-state index in [-0.39, 0.29) is 35.7 Å². The average molecular weight is 725 g/mol. The van der Waals surface area contributed by atoms with Crippen LogP contribution in [0, 0.1) is 0 Å². The summed E-state index contributed by atoms with van der Waals surface area (Å²) in [6.07, 6.45) is 12.9. The van der Waals surface area contributed by atoms with Gasteiger partial charge in [-0.2, -0.15) is 10.2 Å². The van der Waals surface area contributed by atoms with Crippen LogP contribution < -0.4 is 16.3 Å². The molecule has 6 heterocycles. The second kappa shape index (κ2) is 14.0. The van der Waals surface area contributed by atoms with Crippen LogP contribution in [0.4, 0.5) is 4.39 Å². The van der Waals surface area contributed by atoms with Crippen LogP contribution in [0.5, 0.6) is 0 Å². The van der Waals surface area contributed by atoms with E-state index in [0.29, 0.717) is 43.5 Å². The Kier molecular flexibility index (Phi) is 9.12. The predicted octanol–water partition coefficient (Wildman–Crippen LogP) is 3.03. The van der Waals surface area contributed by atoms with Crippen LogP contribution in [0.3, 0.4) is 0 Å². The Bertz CT molecular complexity index is 2300. The first kappa shape index (κ1) is 34.4. The minimum atomic E-state index is -0.989. The van der Waals surface area contributed by atoms with Crippen LogP contribution in [0.1, 0.15) is 85.9 Å². The zero-order valence-electron chi connectivity index (χ0n) is 29.4. The maximum Gasteiger partial charge on any atom is 0.329 e. The summed E-state index contributed by atoms with van der Waals surface area (Å²) in [5, 5.41) is 13.9. The van der Waals surface area contributed by atoms with Crippen molar-refractivity contribution in [3.8, 4) is 11.1 Å². The van der Waals surface area contributed by atoms with Crippen LogP contribution in [-0.2, 0) is 27.9 Å². The molecule has 1 aromatic carbocycles. The van der Waals surface area contributed by atoms with E-state index in [1.165, 1.54) is 15.3 Å². The van der Waals surface area contributed by atoms with Gasteiger partial charge in [-0.05, 0) is 49.4 Å². The van der Waals surface area contributed by atoms with E-state index in [4.69, 9.17) is 0 Å². The molecule has 0 bridgehead atoms. The first-order valence-corrected chi connectivity index (χ1v) is 18.3. The quantitative estimate of drug-likeness (QED) is 0.138. The zero-order valence-corrected chi connectivity index (χ0v) is 29.4. The van der Waals surface area contributed by atoms with Crippen molar-refractivity contribution >= 4 is 40.3 Å². The third-order valence-corrected chi connectivity index (χ3v) is 10.7. The number of benzene rings is 1. The number of piperidine rings is 1. The fourth-order valence-corrected chi connectivity index (χ4v) is 7.35. The minimum Gasteiger partial charge on any atom is -0.345 e. The van der Waals surface area contributed by atoms with Gasteiger partial charge in [0.25, 0.3) is 5.91 Å². The van der Waals surface area contributed by atoms with Gasteiger partial charge in [-0.15, -0.1) is 0 Å². The molecule has 2 aliphatic heterocycles. The van der Waals surface area contributed by atoms with Gasteiger partial charge in [-0.25, -0.2) is 18.7 Å². The summed E-state index contributed by atoms with van der Waals surface area (Å²) in [6, 6.07) is 6.71. The van der Waals surface area contributed by atoms with Gasteiger partial charge >= 0.3 is 5.69 Å². The molecule has 3 fully saturated rings. The first-order chi connectivity index (χ1) is 25.6. The van der Waals surface area contributed by atoms with Crippen molar-refractivity contribution in [1.29, 1.82) is 0 Å². The van der Waals surface area contributed by atoms with Crippen molar-refractivity contribution in [3.63, 3.8) is 0 Å². The Morgan fingerprint density at radius 2 is 1.74 bits per heavy atom. The summed E-state index contributed by atoms with van der Waals surface area (Å²) in [5.74, 6) is -0.986. The number of aryl methyl sites for hydroxylation is 2. The summed E-state index contributed by atoms with van der Waals surface area (Å²) in [7, 11) is 1.70. The van der Waals surface area contributed by atoms with Crippen molar-refractivity contribution in [1.82, 2.24) is 49.0 Å². The van der Waals surface area contributed by atoms with E-state index < -0.39 is 30.1 Å². The van der Waals surface area contributed by atoms with Gasteiger partial charge < -0.3 is 10.2 Å². The number of alkyl halides is 1. The minimum absolute atomic E-state index is 0.102. The summed E-state index contributed by atoms with van der Waals surface area (Å²) in [5.41, 5.74) is 4.73. The highest BCUT2D eigenvalue weighted by atomic mass is 19.1.